The fraction of sp³-hybridized carbons (Fsp3) is 0.667. The molecule has 26 heavy (non-hydrogen) atoms. The number of carbonyl (C=O) groups excluding carboxylic acids is 2. The Bertz CT molecular complexity index is 519. The predicted molar refractivity (Wildman–Crippen MR) is 111 cm³/mol. The van der Waals surface area contributed by atoms with Crippen LogP contribution in [0.15, 0.2) is 24.3 Å². The lowest BCUT2D eigenvalue weighted by Gasteiger charge is -2.06. The molecule has 0 N–H and O–H groups in total. The molecule has 0 aliphatic rings. The van der Waals surface area contributed by atoms with Crippen LogP contribution in [0.5, 0.6) is 0 Å². The van der Waals surface area contributed by atoms with Gasteiger partial charge in [-0.1, -0.05) is 108 Å². The van der Waals surface area contributed by atoms with Gasteiger partial charge in [-0.15, -0.1) is 0 Å². The molecule has 0 fully saturated rings. The van der Waals surface area contributed by atoms with E-state index < -0.39 is 0 Å². The second kappa shape index (κ2) is 14.7. The number of ketones is 2. The molecule has 0 spiro atoms. The van der Waals surface area contributed by atoms with Crippen LogP contribution < -0.4 is 0 Å². The van der Waals surface area contributed by atoms with Crippen LogP contribution in [-0.4, -0.2) is 11.6 Å². The number of Topliss-reactive ketones (excluding diaryl/α,β-unsaturated/α-hetero) is 2. The Morgan fingerprint density at radius 3 is 1.54 bits per heavy atom. The van der Waals surface area contributed by atoms with Gasteiger partial charge in [-0.25, -0.2) is 0 Å². The van der Waals surface area contributed by atoms with E-state index in [1.165, 1.54) is 77.6 Å². The van der Waals surface area contributed by atoms with Crippen LogP contribution >= 0.6 is 0 Å². The fourth-order valence-electron chi connectivity index (χ4n) is 3.47. The molecule has 0 aliphatic carbocycles. The zero-order valence-corrected chi connectivity index (χ0v) is 17.0. The fourth-order valence-corrected chi connectivity index (χ4v) is 3.47. The average molecular weight is 359 g/mol. The summed E-state index contributed by atoms with van der Waals surface area (Å²) in [5.74, 6) is 0.0817. The van der Waals surface area contributed by atoms with Crippen molar-refractivity contribution in [2.24, 2.45) is 0 Å². The first kappa shape index (κ1) is 22.6. The molecule has 0 unspecified atom stereocenters. The van der Waals surface area contributed by atoms with E-state index in [2.05, 4.69) is 6.92 Å². The van der Waals surface area contributed by atoms with Crippen molar-refractivity contribution in [1.29, 1.82) is 0 Å². The van der Waals surface area contributed by atoms with Crippen molar-refractivity contribution in [1.82, 2.24) is 0 Å². The Morgan fingerprint density at radius 2 is 1.08 bits per heavy atom. The van der Waals surface area contributed by atoms with Gasteiger partial charge in [0.05, 0.1) is 0 Å². The maximum atomic E-state index is 12.3. The van der Waals surface area contributed by atoms with E-state index in [0.717, 1.165) is 12.8 Å². The molecule has 0 aliphatic heterocycles. The molecule has 2 nitrogen and oxygen atoms in total. The first-order valence-electron chi connectivity index (χ1n) is 10.8. The third kappa shape index (κ3) is 9.89. The molecule has 1 aromatic carbocycles. The molecule has 0 atom stereocenters. The molecular weight excluding hydrogens is 320 g/mol. The third-order valence-electron chi connectivity index (χ3n) is 5.11. The minimum atomic E-state index is -0.0284. The second-order valence-electron chi connectivity index (χ2n) is 7.52. The van der Waals surface area contributed by atoms with Gasteiger partial charge in [0.15, 0.2) is 11.6 Å². The van der Waals surface area contributed by atoms with Crippen LogP contribution in [0.4, 0.5) is 0 Å². The Balaban J connectivity index is 2.01. The van der Waals surface area contributed by atoms with Crippen molar-refractivity contribution in [3.05, 3.63) is 35.4 Å². The summed E-state index contributed by atoms with van der Waals surface area (Å²) >= 11 is 0. The van der Waals surface area contributed by atoms with E-state index in [1.54, 1.807) is 12.1 Å². The first-order chi connectivity index (χ1) is 12.7. The number of benzene rings is 1. The van der Waals surface area contributed by atoms with Gasteiger partial charge in [-0.05, 0) is 13.3 Å². The molecule has 0 saturated carbocycles. The minimum Gasteiger partial charge on any atom is -0.294 e. The summed E-state index contributed by atoms with van der Waals surface area (Å²) in [6, 6.07) is 7.18. The SMILES string of the molecule is CCCCCCCCCCCCCCCC(=O)c1ccccc1C(C)=O. The summed E-state index contributed by atoms with van der Waals surface area (Å²) in [7, 11) is 0. The highest BCUT2D eigenvalue weighted by Gasteiger charge is 2.13. The van der Waals surface area contributed by atoms with E-state index in [9.17, 15) is 9.59 Å². The maximum absolute atomic E-state index is 12.3. The number of carbonyl (C=O) groups is 2. The quantitative estimate of drug-likeness (QED) is 0.226. The van der Waals surface area contributed by atoms with E-state index in [-0.39, 0.29) is 11.6 Å². The van der Waals surface area contributed by atoms with Crippen LogP contribution in [0, 0.1) is 0 Å². The molecule has 0 aromatic heterocycles. The summed E-state index contributed by atoms with van der Waals surface area (Å²) < 4.78 is 0. The molecule has 1 rings (SSSR count). The van der Waals surface area contributed by atoms with Gasteiger partial charge in [-0.2, -0.15) is 0 Å². The molecule has 0 saturated heterocycles. The van der Waals surface area contributed by atoms with E-state index in [4.69, 9.17) is 0 Å². The van der Waals surface area contributed by atoms with Gasteiger partial charge in [0, 0.05) is 17.5 Å². The minimum absolute atomic E-state index is 0.0284. The number of rotatable bonds is 16. The molecular formula is C24H38O2. The van der Waals surface area contributed by atoms with Crippen LogP contribution in [0.25, 0.3) is 0 Å². The largest absolute Gasteiger partial charge is 0.294 e. The molecule has 0 radical (unpaired) electrons. The van der Waals surface area contributed by atoms with E-state index >= 15 is 0 Å². The lowest BCUT2D eigenvalue weighted by Crippen LogP contribution is -2.06. The molecule has 0 heterocycles. The smallest absolute Gasteiger partial charge is 0.163 e. The van der Waals surface area contributed by atoms with Gasteiger partial charge in [0.1, 0.15) is 0 Å². The highest BCUT2D eigenvalue weighted by Crippen LogP contribution is 2.16. The van der Waals surface area contributed by atoms with Crippen LogP contribution in [0.3, 0.4) is 0 Å². The molecule has 0 bridgehead atoms. The first-order valence-corrected chi connectivity index (χ1v) is 10.8. The summed E-state index contributed by atoms with van der Waals surface area (Å²) in [5.41, 5.74) is 1.16. The lowest BCUT2D eigenvalue weighted by molar-refractivity contribution is 0.0959. The highest BCUT2D eigenvalue weighted by molar-refractivity contribution is 6.07. The van der Waals surface area contributed by atoms with Crippen molar-refractivity contribution in [3.63, 3.8) is 0 Å². The zero-order valence-electron chi connectivity index (χ0n) is 17.0. The Morgan fingerprint density at radius 1 is 0.654 bits per heavy atom. The van der Waals surface area contributed by atoms with Gasteiger partial charge < -0.3 is 0 Å². The summed E-state index contributed by atoms with van der Waals surface area (Å²) in [4.78, 5) is 23.9. The van der Waals surface area contributed by atoms with E-state index in [0.29, 0.717) is 17.5 Å². The predicted octanol–water partition coefficient (Wildman–Crippen LogP) is 7.55. The Labute approximate surface area is 160 Å². The standard InChI is InChI=1S/C24H38O2/c1-3-4-5-6-7-8-9-10-11-12-13-14-15-20-24(26)23-19-17-16-18-22(23)21(2)25/h16-19H,3-15,20H2,1-2H3. The second-order valence-corrected chi connectivity index (χ2v) is 7.52. The van der Waals surface area contributed by atoms with Crippen molar-refractivity contribution in [2.75, 3.05) is 0 Å². The van der Waals surface area contributed by atoms with Crippen LogP contribution in [-0.2, 0) is 0 Å². The number of hydrogen-bond acceptors (Lipinski definition) is 2. The monoisotopic (exact) mass is 358 g/mol. The summed E-state index contributed by atoms with van der Waals surface area (Å²) in [6.45, 7) is 3.79. The average Bonchev–Trinajstić information content (AvgIpc) is 2.65. The van der Waals surface area contributed by atoms with Crippen LogP contribution in [0.1, 0.15) is 124 Å². The normalized spacial score (nSPS) is 10.8. The van der Waals surface area contributed by atoms with Crippen molar-refractivity contribution in [3.8, 4) is 0 Å². The lowest BCUT2D eigenvalue weighted by atomic mass is 9.97. The van der Waals surface area contributed by atoms with Crippen molar-refractivity contribution < 1.29 is 9.59 Å². The van der Waals surface area contributed by atoms with Crippen molar-refractivity contribution in [2.45, 2.75) is 104 Å². The number of unbranched alkanes of at least 4 members (excludes halogenated alkanes) is 12. The Kier molecular flexibility index (Phi) is 12.8. The topological polar surface area (TPSA) is 34.1 Å². The van der Waals surface area contributed by atoms with Crippen molar-refractivity contribution >= 4 is 11.6 Å². The Hall–Kier alpha value is -1.44. The molecule has 1 aromatic rings. The summed E-state index contributed by atoms with van der Waals surface area (Å²) in [5, 5.41) is 0. The molecule has 146 valence electrons. The number of hydrogen-bond donors (Lipinski definition) is 0. The highest BCUT2D eigenvalue weighted by atomic mass is 16.1. The van der Waals surface area contributed by atoms with Gasteiger partial charge >= 0.3 is 0 Å². The van der Waals surface area contributed by atoms with Gasteiger partial charge in [-0.3, -0.25) is 9.59 Å². The van der Waals surface area contributed by atoms with Crippen LogP contribution in [0.2, 0.25) is 0 Å². The molecule has 0 amide bonds. The van der Waals surface area contributed by atoms with Gasteiger partial charge in [0.2, 0.25) is 0 Å². The maximum Gasteiger partial charge on any atom is 0.163 e. The molecule has 2 heteroatoms. The zero-order chi connectivity index (χ0) is 19.0. The van der Waals surface area contributed by atoms with Gasteiger partial charge in [0.25, 0.3) is 0 Å². The van der Waals surface area contributed by atoms with E-state index in [1.807, 2.05) is 12.1 Å². The summed E-state index contributed by atoms with van der Waals surface area (Å²) in [6.07, 6.45) is 17.5. The third-order valence-corrected chi connectivity index (χ3v) is 5.11.